The van der Waals surface area contributed by atoms with E-state index >= 15 is 0 Å². The van der Waals surface area contributed by atoms with E-state index in [1.807, 2.05) is 12.2 Å². The molecule has 0 aromatic heterocycles. The van der Waals surface area contributed by atoms with Crippen molar-refractivity contribution in [1.82, 2.24) is 10.6 Å². The molecule has 1 amide bonds. The van der Waals surface area contributed by atoms with Gasteiger partial charge in [-0.3, -0.25) is 9.59 Å². The summed E-state index contributed by atoms with van der Waals surface area (Å²) in [7, 11) is 0. The van der Waals surface area contributed by atoms with Gasteiger partial charge in [-0.05, 0) is 49.9 Å². The van der Waals surface area contributed by atoms with E-state index in [0.29, 0.717) is 31.3 Å². The van der Waals surface area contributed by atoms with E-state index < -0.39 is 41.9 Å². The number of aliphatic hydroxyl groups is 3. The molecule has 3 fully saturated rings. The number of rotatable bonds is 4. The maximum absolute atomic E-state index is 13.4. The third kappa shape index (κ3) is 7.72. The molecule has 10 nitrogen and oxygen atoms in total. The molecule has 214 valence electrons. The van der Waals surface area contributed by atoms with Crippen molar-refractivity contribution in [2.24, 2.45) is 17.8 Å². The van der Waals surface area contributed by atoms with Gasteiger partial charge in [0.15, 0.2) is 0 Å². The molecule has 4 heterocycles. The molecule has 11 heteroatoms. The van der Waals surface area contributed by atoms with E-state index in [-0.39, 0.29) is 29.7 Å². The predicted molar refractivity (Wildman–Crippen MR) is 143 cm³/mol. The van der Waals surface area contributed by atoms with Crippen molar-refractivity contribution in [3.63, 3.8) is 0 Å². The van der Waals surface area contributed by atoms with E-state index in [9.17, 15) is 20.1 Å². The quantitative estimate of drug-likeness (QED) is 0.164. The molecular formula is C27H42N2O8S. The number of aliphatic hydroxyl groups excluding tert-OH is 3. The molecule has 4 aliphatic heterocycles. The number of fused-ring (bicyclic) bond motifs is 3. The first-order valence-corrected chi connectivity index (χ1v) is 14.3. The zero-order chi connectivity index (χ0) is 27.8. The predicted octanol–water partition coefficient (Wildman–Crippen LogP) is 0.494. The van der Waals surface area contributed by atoms with Crippen LogP contribution in [0, 0.1) is 30.1 Å². The average molecular weight is 555 g/mol. The Morgan fingerprint density at radius 3 is 2.61 bits per heavy atom. The van der Waals surface area contributed by atoms with Crippen molar-refractivity contribution in [2.75, 3.05) is 13.2 Å². The number of terminal acetylenes is 1. The second-order valence-electron chi connectivity index (χ2n) is 10.9. The lowest BCUT2D eigenvalue weighted by Crippen LogP contribution is -2.64. The van der Waals surface area contributed by atoms with Gasteiger partial charge in [0.2, 0.25) is 5.91 Å². The van der Waals surface area contributed by atoms with Crippen molar-refractivity contribution in [1.29, 1.82) is 0 Å². The summed E-state index contributed by atoms with van der Waals surface area (Å²) in [6, 6.07) is -1.06. The molecule has 2 bridgehead atoms. The third-order valence-corrected chi connectivity index (χ3v) is 8.99. The summed E-state index contributed by atoms with van der Waals surface area (Å²) in [5.41, 5.74) is -0.803. The van der Waals surface area contributed by atoms with E-state index in [0.717, 1.165) is 19.4 Å². The maximum atomic E-state index is 13.4. The lowest BCUT2D eigenvalue weighted by atomic mass is 9.85. The zero-order valence-corrected chi connectivity index (χ0v) is 22.8. The normalized spacial score (nSPS) is 41.9. The minimum atomic E-state index is -1.40. The fraction of sp³-hybridized carbons (Fsp3) is 0.778. The van der Waals surface area contributed by atoms with Crippen LogP contribution in [0.3, 0.4) is 0 Å². The molecule has 4 rings (SSSR count). The van der Waals surface area contributed by atoms with E-state index in [1.54, 1.807) is 0 Å². The highest BCUT2D eigenvalue weighted by Gasteiger charge is 2.49. The van der Waals surface area contributed by atoms with Crippen LogP contribution in [0.25, 0.3) is 0 Å². The number of nitrogens with one attached hydrogen (secondary N) is 2. The second kappa shape index (κ2) is 14.7. The van der Waals surface area contributed by atoms with Gasteiger partial charge in [0.25, 0.3) is 6.47 Å². The first-order chi connectivity index (χ1) is 18.2. The van der Waals surface area contributed by atoms with Crippen LogP contribution in [0.15, 0.2) is 12.2 Å². The summed E-state index contributed by atoms with van der Waals surface area (Å²) in [5.74, 6) is 4.02. The Kier molecular flexibility index (Phi) is 11.9. The standard InChI is InChI=1S/C26H40N2O6S.CH2O2/c1-4-17-7-5-6-8-18(24-21(30)20(29)22(31)26(34-24)35-17)28-25(32)19-23-16(13-27-19)12-15(9-10-33-23)11-14(2)3;2-1-3/h1,5-6,14-24,26-27,29-31H,7-13H2,2-3H3,(H,28,32);1H,(H,2,3)/b6-5-;/t15-,16-,17+,18+,19-,20-,21+,22+,23+,24+,26+;/m0./s1. The highest BCUT2D eigenvalue weighted by Crippen LogP contribution is 2.36. The molecule has 0 aromatic carbocycles. The van der Waals surface area contributed by atoms with Crippen LogP contribution in [0.2, 0.25) is 0 Å². The number of hydrogen-bond donors (Lipinski definition) is 6. The van der Waals surface area contributed by atoms with Gasteiger partial charge in [0.1, 0.15) is 35.9 Å². The number of ether oxygens (including phenoxy) is 2. The van der Waals surface area contributed by atoms with Crippen molar-refractivity contribution < 1.29 is 39.5 Å². The van der Waals surface area contributed by atoms with Crippen LogP contribution < -0.4 is 10.6 Å². The highest BCUT2D eigenvalue weighted by atomic mass is 32.2. The number of carbonyl (C=O) groups is 2. The molecule has 11 atom stereocenters. The van der Waals surface area contributed by atoms with Gasteiger partial charge < -0.3 is 40.5 Å². The molecule has 0 radical (unpaired) electrons. The van der Waals surface area contributed by atoms with Crippen molar-refractivity contribution in [3.8, 4) is 12.3 Å². The second-order valence-corrected chi connectivity index (χ2v) is 12.2. The van der Waals surface area contributed by atoms with Crippen LogP contribution in [-0.2, 0) is 19.1 Å². The van der Waals surface area contributed by atoms with E-state index in [4.69, 9.17) is 25.8 Å². The summed E-state index contributed by atoms with van der Waals surface area (Å²) in [5, 5.41) is 44.8. The summed E-state index contributed by atoms with van der Waals surface area (Å²) in [6.45, 7) is 5.63. The maximum Gasteiger partial charge on any atom is 0.290 e. The van der Waals surface area contributed by atoms with Gasteiger partial charge in [0, 0.05) is 13.2 Å². The molecule has 0 aromatic rings. The van der Waals surface area contributed by atoms with Crippen molar-refractivity contribution >= 4 is 24.1 Å². The third-order valence-electron chi connectivity index (χ3n) is 7.67. The van der Waals surface area contributed by atoms with Crippen LogP contribution in [-0.4, -0.2) is 99.2 Å². The molecule has 6 N–H and O–H groups in total. The van der Waals surface area contributed by atoms with Crippen LogP contribution in [0.5, 0.6) is 0 Å². The Balaban J connectivity index is 0.00000127. The van der Waals surface area contributed by atoms with Crippen molar-refractivity contribution in [3.05, 3.63) is 12.2 Å². The lowest BCUT2D eigenvalue weighted by Gasteiger charge is -2.44. The average Bonchev–Trinajstić information content (AvgIpc) is 3.17. The van der Waals surface area contributed by atoms with Gasteiger partial charge in [-0.1, -0.05) is 31.9 Å². The number of carbonyl (C=O) groups excluding carboxylic acids is 1. The Hall–Kier alpha value is -1.65. The number of amides is 1. The van der Waals surface area contributed by atoms with Crippen LogP contribution in [0.1, 0.15) is 46.0 Å². The Morgan fingerprint density at radius 1 is 1.21 bits per heavy atom. The van der Waals surface area contributed by atoms with Crippen LogP contribution >= 0.6 is 11.8 Å². The number of hydrogen-bond acceptors (Lipinski definition) is 9. The SMILES string of the molecule is C#C[C@@H]1C/C=C\C[C@@H](NC(=O)[C@H]2NC[C@@H]3C[C@H](CC(C)C)CCO[C@H]32)[C@H]2O[C@H](S1)[C@H](O)[C@@H](O)[C@H]2O.O=CO. The van der Waals surface area contributed by atoms with E-state index in [2.05, 4.69) is 30.4 Å². The monoisotopic (exact) mass is 554 g/mol. The first kappa shape index (κ1) is 30.9. The fourth-order valence-corrected chi connectivity index (χ4v) is 7.06. The molecule has 0 aliphatic carbocycles. The van der Waals surface area contributed by atoms with Gasteiger partial charge in [-0.25, -0.2) is 0 Å². The molecule has 0 saturated carbocycles. The minimum absolute atomic E-state index is 0.188. The molecule has 38 heavy (non-hydrogen) atoms. The molecule has 4 aliphatic rings. The Labute approximate surface area is 228 Å². The summed E-state index contributed by atoms with van der Waals surface area (Å²) in [4.78, 5) is 21.8. The molecular weight excluding hydrogens is 512 g/mol. The first-order valence-electron chi connectivity index (χ1n) is 13.4. The topological polar surface area (TPSA) is 158 Å². The van der Waals surface area contributed by atoms with Gasteiger partial charge in [0.05, 0.1) is 17.4 Å². The summed E-state index contributed by atoms with van der Waals surface area (Å²) >= 11 is 1.25. The number of carboxylic acid groups (broad SMARTS) is 1. The van der Waals surface area contributed by atoms with Gasteiger partial charge in [-0.2, -0.15) is 0 Å². The van der Waals surface area contributed by atoms with Crippen LogP contribution in [0.4, 0.5) is 0 Å². The van der Waals surface area contributed by atoms with Gasteiger partial charge >= 0.3 is 0 Å². The molecule has 0 unspecified atom stereocenters. The lowest BCUT2D eigenvalue weighted by molar-refractivity contribution is -0.205. The summed E-state index contributed by atoms with van der Waals surface area (Å²) in [6.07, 6.45) is 8.63. The summed E-state index contributed by atoms with van der Waals surface area (Å²) < 4.78 is 12.2. The molecule has 3 saturated heterocycles. The zero-order valence-electron chi connectivity index (χ0n) is 22.0. The number of allylic oxidation sites excluding steroid dienone is 1. The Bertz CT molecular complexity index is 851. The smallest absolute Gasteiger partial charge is 0.290 e. The Morgan fingerprint density at radius 2 is 1.92 bits per heavy atom. The largest absolute Gasteiger partial charge is 0.483 e. The molecule has 0 spiro atoms. The van der Waals surface area contributed by atoms with E-state index in [1.165, 1.54) is 18.2 Å². The fourth-order valence-electron chi connectivity index (χ4n) is 5.93. The van der Waals surface area contributed by atoms with Crippen molar-refractivity contribution in [2.45, 2.75) is 99.2 Å². The van der Waals surface area contributed by atoms with Gasteiger partial charge in [-0.15, -0.1) is 18.2 Å². The highest BCUT2D eigenvalue weighted by molar-refractivity contribution is 8.00. The minimum Gasteiger partial charge on any atom is -0.483 e. The number of thioether (sulfide) groups is 1.